The zero-order valence-corrected chi connectivity index (χ0v) is 20.1. The van der Waals surface area contributed by atoms with Gasteiger partial charge in [-0.3, -0.25) is 4.79 Å². The minimum Gasteiger partial charge on any atom is -0.497 e. The number of nitrogens with zero attached hydrogens (tertiary/aromatic N) is 2. The number of rotatable bonds is 5. The van der Waals surface area contributed by atoms with Gasteiger partial charge in [0, 0.05) is 53.0 Å². The molecule has 1 aliphatic heterocycles. The molecule has 0 amide bonds. The van der Waals surface area contributed by atoms with Crippen LogP contribution in [0.4, 0.5) is 11.4 Å². The van der Waals surface area contributed by atoms with Gasteiger partial charge in [0.1, 0.15) is 5.75 Å². The zero-order chi connectivity index (χ0) is 22.9. The molecule has 0 bridgehead atoms. The second-order valence-electron chi connectivity index (χ2n) is 8.59. The van der Waals surface area contributed by atoms with Crippen LogP contribution in [0.5, 0.6) is 5.75 Å². The van der Waals surface area contributed by atoms with Crippen LogP contribution >= 0.6 is 11.8 Å². The summed E-state index contributed by atoms with van der Waals surface area (Å²) >= 11 is 1.86. The van der Waals surface area contributed by atoms with Gasteiger partial charge in [-0.15, -0.1) is 11.8 Å². The first kappa shape index (κ1) is 21.7. The maximum Gasteiger partial charge on any atom is 0.253 e. The Labute approximate surface area is 198 Å². The fourth-order valence-corrected chi connectivity index (χ4v) is 5.54. The van der Waals surface area contributed by atoms with E-state index in [1.807, 2.05) is 37.9 Å². The van der Waals surface area contributed by atoms with Crippen molar-refractivity contribution >= 4 is 34.0 Å². The lowest BCUT2D eigenvalue weighted by molar-refractivity contribution is 0.415. The summed E-state index contributed by atoms with van der Waals surface area (Å²) < 4.78 is 7.36. The number of benzene rings is 3. The fraction of sp³-hybridized carbons (Fsp3) is 0.250. The topological polar surface area (TPSA) is 34.5 Å². The molecule has 33 heavy (non-hydrogen) atoms. The van der Waals surface area contributed by atoms with Gasteiger partial charge in [-0.1, -0.05) is 36.4 Å². The molecule has 0 N–H and O–H groups in total. The van der Waals surface area contributed by atoms with Crippen LogP contribution in [0.3, 0.4) is 0 Å². The molecule has 0 spiro atoms. The summed E-state index contributed by atoms with van der Waals surface area (Å²) in [7, 11) is 3.52. The van der Waals surface area contributed by atoms with E-state index in [9.17, 15) is 4.79 Å². The number of thioether (sulfide) groups is 1. The highest BCUT2D eigenvalue weighted by Gasteiger charge is 2.22. The minimum atomic E-state index is 0.0281. The summed E-state index contributed by atoms with van der Waals surface area (Å²) in [6.07, 6.45) is 2.17. The number of aryl methyl sites for hydroxylation is 3. The molecule has 0 saturated heterocycles. The zero-order valence-electron chi connectivity index (χ0n) is 19.3. The smallest absolute Gasteiger partial charge is 0.253 e. The molecule has 3 aromatic carbocycles. The molecule has 0 fully saturated rings. The lowest BCUT2D eigenvalue weighted by Gasteiger charge is -2.33. The average Bonchev–Trinajstić information content (AvgIpc) is 2.86. The summed E-state index contributed by atoms with van der Waals surface area (Å²) in [6.45, 7) is 2.82. The Morgan fingerprint density at radius 1 is 1.00 bits per heavy atom. The molecule has 5 rings (SSSR count). The second kappa shape index (κ2) is 8.99. The van der Waals surface area contributed by atoms with E-state index in [2.05, 4.69) is 59.5 Å². The monoisotopic (exact) mass is 456 g/mol. The van der Waals surface area contributed by atoms with Gasteiger partial charge in [0.2, 0.25) is 0 Å². The van der Waals surface area contributed by atoms with Gasteiger partial charge < -0.3 is 14.2 Å². The van der Waals surface area contributed by atoms with Crippen LogP contribution < -0.4 is 15.2 Å². The number of hydrogen-bond acceptors (Lipinski definition) is 4. The Balaban J connectivity index is 1.59. The van der Waals surface area contributed by atoms with Gasteiger partial charge in [0.05, 0.1) is 18.3 Å². The molecular weight excluding hydrogens is 428 g/mol. The van der Waals surface area contributed by atoms with Crippen LogP contribution in [0.25, 0.3) is 10.9 Å². The van der Waals surface area contributed by atoms with Crippen molar-refractivity contribution in [2.24, 2.45) is 7.05 Å². The maximum absolute atomic E-state index is 12.6. The lowest BCUT2D eigenvalue weighted by atomic mass is 9.99. The molecule has 0 aliphatic carbocycles. The molecular formula is C28H28N2O2S. The van der Waals surface area contributed by atoms with Crippen molar-refractivity contribution < 1.29 is 4.74 Å². The molecule has 0 atom stereocenters. The van der Waals surface area contributed by atoms with Crippen LogP contribution in [-0.2, 0) is 19.2 Å². The molecule has 168 valence electrons. The van der Waals surface area contributed by atoms with E-state index in [0.29, 0.717) is 0 Å². The van der Waals surface area contributed by atoms with Crippen molar-refractivity contribution in [2.45, 2.75) is 30.4 Å². The van der Waals surface area contributed by atoms with E-state index in [-0.39, 0.29) is 5.56 Å². The molecule has 0 unspecified atom stereocenters. The Kier molecular flexibility index (Phi) is 5.90. The van der Waals surface area contributed by atoms with Gasteiger partial charge >= 0.3 is 0 Å². The highest BCUT2D eigenvalue weighted by Crippen LogP contribution is 2.41. The van der Waals surface area contributed by atoms with Gasteiger partial charge in [0.15, 0.2) is 0 Å². The highest BCUT2D eigenvalue weighted by atomic mass is 32.2. The molecule has 4 nitrogen and oxygen atoms in total. The van der Waals surface area contributed by atoms with E-state index in [0.717, 1.165) is 53.0 Å². The molecule has 0 saturated carbocycles. The number of hydrogen-bond donors (Lipinski definition) is 0. The molecule has 4 aromatic rings. The quantitative estimate of drug-likeness (QED) is 0.333. The minimum absolute atomic E-state index is 0.0281. The van der Waals surface area contributed by atoms with Crippen molar-refractivity contribution in [1.29, 1.82) is 0 Å². The van der Waals surface area contributed by atoms with Gasteiger partial charge in [-0.25, -0.2) is 0 Å². The molecule has 0 radical (unpaired) electrons. The SMILES string of the molecule is COc1cc(N2CCCc3ccc(SCc4ccccc4)cc32)c2cc(C)c(=O)n(C)c2c1. The van der Waals surface area contributed by atoms with E-state index in [1.165, 1.54) is 21.7 Å². The van der Waals surface area contributed by atoms with Crippen molar-refractivity contribution in [1.82, 2.24) is 4.57 Å². The Hall–Kier alpha value is -3.18. The van der Waals surface area contributed by atoms with Crippen LogP contribution in [-0.4, -0.2) is 18.2 Å². The average molecular weight is 457 g/mol. The number of fused-ring (bicyclic) bond motifs is 2. The maximum atomic E-state index is 12.6. The van der Waals surface area contributed by atoms with Crippen LogP contribution in [0.2, 0.25) is 0 Å². The first-order valence-corrected chi connectivity index (χ1v) is 12.3. The summed E-state index contributed by atoms with van der Waals surface area (Å²) in [5.41, 5.74) is 6.70. The van der Waals surface area contributed by atoms with Crippen molar-refractivity contribution in [3.63, 3.8) is 0 Å². The van der Waals surface area contributed by atoms with E-state index < -0.39 is 0 Å². The Morgan fingerprint density at radius 3 is 2.61 bits per heavy atom. The van der Waals surface area contributed by atoms with Crippen molar-refractivity contribution in [3.8, 4) is 5.75 Å². The largest absolute Gasteiger partial charge is 0.497 e. The molecule has 1 aliphatic rings. The predicted octanol–water partition coefficient (Wildman–Crippen LogP) is 6.23. The molecule has 1 aromatic heterocycles. The number of aromatic nitrogens is 1. The Bertz CT molecular complexity index is 1380. The predicted molar refractivity (Wildman–Crippen MR) is 138 cm³/mol. The van der Waals surface area contributed by atoms with Gasteiger partial charge in [0.25, 0.3) is 5.56 Å². The van der Waals surface area contributed by atoms with Gasteiger partial charge in [-0.2, -0.15) is 0 Å². The highest BCUT2D eigenvalue weighted by molar-refractivity contribution is 7.98. The third-order valence-electron chi connectivity index (χ3n) is 6.42. The molecule has 2 heterocycles. The van der Waals surface area contributed by atoms with Crippen molar-refractivity contribution in [2.75, 3.05) is 18.6 Å². The first-order valence-electron chi connectivity index (χ1n) is 11.3. The number of pyridine rings is 1. The summed E-state index contributed by atoms with van der Waals surface area (Å²) in [6, 6.07) is 23.5. The summed E-state index contributed by atoms with van der Waals surface area (Å²) in [4.78, 5) is 16.3. The molecule has 5 heteroatoms. The van der Waals surface area contributed by atoms with Crippen molar-refractivity contribution in [3.05, 3.63) is 93.8 Å². The van der Waals surface area contributed by atoms with E-state index in [4.69, 9.17) is 4.74 Å². The first-order chi connectivity index (χ1) is 16.0. The van der Waals surface area contributed by atoms with Gasteiger partial charge in [-0.05, 0) is 49.1 Å². The lowest BCUT2D eigenvalue weighted by Crippen LogP contribution is -2.26. The second-order valence-corrected chi connectivity index (χ2v) is 9.64. The number of anilines is 2. The third kappa shape index (κ3) is 4.13. The van der Waals surface area contributed by atoms with Crippen LogP contribution in [0.15, 0.2) is 76.4 Å². The summed E-state index contributed by atoms with van der Waals surface area (Å²) in [5, 5.41) is 1.07. The van der Waals surface area contributed by atoms with Crippen LogP contribution in [0, 0.1) is 6.92 Å². The summed E-state index contributed by atoms with van der Waals surface area (Å²) in [5.74, 6) is 1.71. The Morgan fingerprint density at radius 2 is 1.82 bits per heavy atom. The van der Waals surface area contributed by atoms with E-state index >= 15 is 0 Å². The third-order valence-corrected chi connectivity index (χ3v) is 7.49. The van der Waals surface area contributed by atoms with Crippen LogP contribution in [0.1, 0.15) is 23.1 Å². The number of ether oxygens (including phenoxy) is 1. The van der Waals surface area contributed by atoms with E-state index in [1.54, 1.807) is 11.7 Å². The normalized spacial score (nSPS) is 13.2. The number of methoxy groups -OCH3 is 1. The standard InChI is InChI=1S/C28H28N2O2S/c1-19-14-24-26(29(2)28(19)31)15-22(32-3)16-27(24)30-13-7-10-21-11-12-23(17-25(21)30)33-18-20-8-5-4-6-9-20/h4-6,8-9,11-12,14-17H,7,10,13,18H2,1-3H3. The fourth-order valence-electron chi connectivity index (χ4n) is 4.65.